The van der Waals surface area contributed by atoms with E-state index in [0.717, 1.165) is 36.0 Å². The lowest BCUT2D eigenvalue weighted by atomic mass is 9.89. The van der Waals surface area contributed by atoms with Crippen molar-refractivity contribution in [2.24, 2.45) is 0 Å². The summed E-state index contributed by atoms with van der Waals surface area (Å²) in [4.78, 5) is 27.2. The van der Waals surface area contributed by atoms with Crippen LogP contribution in [0.3, 0.4) is 0 Å². The van der Waals surface area contributed by atoms with Crippen LogP contribution in [0.15, 0.2) is 52.5 Å². The highest BCUT2D eigenvalue weighted by molar-refractivity contribution is 8.04. The lowest BCUT2D eigenvalue weighted by molar-refractivity contribution is -0.118. The molecule has 2 aliphatic rings. The molecule has 0 saturated heterocycles. The minimum atomic E-state index is -0.108. The second-order valence-corrected chi connectivity index (χ2v) is 9.77. The van der Waals surface area contributed by atoms with Gasteiger partial charge in [-0.2, -0.15) is 4.68 Å². The molecule has 1 amide bonds. The van der Waals surface area contributed by atoms with Crippen LogP contribution in [-0.4, -0.2) is 26.6 Å². The number of fused-ring (bicyclic) bond motifs is 2. The zero-order valence-electron chi connectivity index (χ0n) is 19.8. The van der Waals surface area contributed by atoms with E-state index in [-0.39, 0.29) is 18.1 Å². The largest absolute Gasteiger partial charge is 0.294 e. The van der Waals surface area contributed by atoms with Gasteiger partial charge in [-0.1, -0.05) is 55.8 Å². The Kier molecular flexibility index (Phi) is 6.13. The average molecular weight is 473 g/mol. The number of hydrogen-bond acceptors (Lipinski definition) is 5. The van der Waals surface area contributed by atoms with Crippen molar-refractivity contribution in [1.82, 2.24) is 14.9 Å². The number of carbonyl (C=O) groups is 2. The highest BCUT2D eigenvalue weighted by Gasteiger charge is 2.36. The Labute approximate surface area is 204 Å². The molecule has 0 N–H and O–H groups in total. The number of rotatable bonds is 5. The van der Waals surface area contributed by atoms with Crippen molar-refractivity contribution >= 4 is 29.1 Å². The number of carbonyl (C=O) groups excluding carboxylic acids is 2. The van der Waals surface area contributed by atoms with E-state index in [1.165, 1.54) is 29.3 Å². The van der Waals surface area contributed by atoms with Crippen LogP contribution in [0.4, 0.5) is 0 Å². The molecule has 0 saturated carbocycles. The van der Waals surface area contributed by atoms with Gasteiger partial charge in [0.15, 0.2) is 11.6 Å². The standard InChI is InChI=1S/C27H28N4O2S/c1-4-22(32)25-24(21-15-14-18-8-6-7-9-20(18)16-21)30(23(33)5-2)31-26(28-29-27(31)34-25)19-12-10-17(3)11-13-19/h10-16H,4-9H2,1-3H3. The number of aromatic nitrogens is 3. The van der Waals surface area contributed by atoms with Gasteiger partial charge < -0.3 is 0 Å². The van der Waals surface area contributed by atoms with Crippen LogP contribution in [0.5, 0.6) is 0 Å². The number of nitrogens with zero attached hydrogens (tertiary/aromatic N) is 4. The van der Waals surface area contributed by atoms with Gasteiger partial charge in [0.2, 0.25) is 11.1 Å². The molecule has 0 fully saturated rings. The molecule has 0 spiro atoms. The van der Waals surface area contributed by atoms with Crippen molar-refractivity contribution in [1.29, 1.82) is 0 Å². The zero-order valence-corrected chi connectivity index (χ0v) is 20.6. The summed E-state index contributed by atoms with van der Waals surface area (Å²) in [6, 6.07) is 14.4. The monoisotopic (exact) mass is 472 g/mol. The topological polar surface area (TPSA) is 68.1 Å². The summed E-state index contributed by atoms with van der Waals surface area (Å²) in [6.07, 6.45) is 5.11. The minimum Gasteiger partial charge on any atom is -0.294 e. The molecule has 174 valence electrons. The van der Waals surface area contributed by atoms with Crippen molar-refractivity contribution in [3.63, 3.8) is 0 Å². The van der Waals surface area contributed by atoms with Gasteiger partial charge >= 0.3 is 0 Å². The van der Waals surface area contributed by atoms with Crippen LogP contribution in [0.2, 0.25) is 0 Å². The van der Waals surface area contributed by atoms with E-state index in [0.29, 0.717) is 28.0 Å². The van der Waals surface area contributed by atoms with E-state index in [1.807, 2.05) is 45.0 Å². The Morgan fingerprint density at radius 1 is 0.912 bits per heavy atom. The number of Topliss-reactive ketones (excluding diaryl/α,β-unsaturated/α-hetero) is 1. The molecule has 0 radical (unpaired) electrons. The summed E-state index contributed by atoms with van der Waals surface area (Å²) in [5.74, 6) is 0.476. The fraction of sp³-hybridized carbons (Fsp3) is 0.333. The third-order valence-electron chi connectivity index (χ3n) is 6.48. The summed E-state index contributed by atoms with van der Waals surface area (Å²) >= 11 is 1.31. The molecule has 1 aliphatic heterocycles. The number of hydrogen-bond donors (Lipinski definition) is 0. The van der Waals surface area contributed by atoms with Crippen molar-refractivity contribution in [2.75, 3.05) is 5.01 Å². The Morgan fingerprint density at radius 3 is 2.32 bits per heavy atom. The third-order valence-corrected chi connectivity index (χ3v) is 7.54. The number of allylic oxidation sites excluding steroid dienone is 1. The van der Waals surface area contributed by atoms with Crippen LogP contribution >= 0.6 is 11.8 Å². The van der Waals surface area contributed by atoms with E-state index in [2.05, 4.69) is 28.4 Å². The smallest absolute Gasteiger partial charge is 0.246 e. The van der Waals surface area contributed by atoms with Crippen molar-refractivity contribution in [2.45, 2.75) is 64.5 Å². The molecule has 2 aromatic carbocycles. The number of thioether (sulfide) groups is 1. The zero-order chi connectivity index (χ0) is 23.8. The molecule has 1 aliphatic carbocycles. The maximum atomic E-state index is 13.5. The lowest BCUT2D eigenvalue weighted by Crippen LogP contribution is -2.42. The number of amides is 1. The van der Waals surface area contributed by atoms with Crippen molar-refractivity contribution < 1.29 is 9.59 Å². The molecule has 6 nitrogen and oxygen atoms in total. The van der Waals surface area contributed by atoms with Gasteiger partial charge in [-0.3, -0.25) is 9.59 Å². The van der Waals surface area contributed by atoms with Gasteiger partial charge in [-0.15, -0.1) is 10.2 Å². The van der Waals surface area contributed by atoms with Crippen LogP contribution in [-0.2, 0) is 22.4 Å². The van der Waals surface area contributed by atoms with Crippen LogP contribution in [0.1, 0.15) is 61.8 Å². The molecular weight excluding hydrogens is 444 g/mol. The van der Waals surface area contributed by atoms with E-state index in [9.17, 15) is 9.59 Å². The first-order valence-electron chi connectivity index (χ1n) is 11.9. The van der Waals surface area contributed by atoms with E-state index in [4.69, 9.17) is 0 Å². The quantitative estimate of drug-likeness (QED) is 0.493. The Bertz CT molecular complexity index is 1310. The molecule has 1 aromatic heterocycles. The summed E-state index contributed by atoms with van der Waals surface area (Å²) in [5, 5.41) is 11.0. The number of benzene rings is 2. The first kappa shape index (κ1) is 22.6. The molecule has 5 rings (SSSR count). The van der Waals surface area contributed by atoms with Crippen LogP contribution in [0, 0.1) is 6.92 Å². The van der Waals surface area contributed by atoms with Gasteiger partial charge in [-0.05, 0) is 61.6 Å². The summed E-state index contributed by atoms with van der Waals surface area (Å²) in [7, 11) is 0. The second kappa shape index (κ2) is 9.22. The van der Waals surface area contributed by atoms with E-state index in [1.54, 1.807) is 9.69 Å². The number of aryl methyl sites for hydroxylation is 3. The van der Waals surface area contributed by atoms with Gasteiger partial charge in [0.25, 0.3) is 0 Å². The SMILES string of the molecule is CCC(=O)C1=C(c2ccc3c(c2)CCCC3)N(C(=O)CC)n2c(nnc2-c2ccc(C)cc2)S1. The minimum absolute atomic E-state index is 0.00207. The average Bonchev–Trinajstić information content (AvgIpc) is 3.30. The van der Waals surface area contributed by atoms with Crippen molar-refractivity contribution in [3.05, 3.63) is 69.6 Å². The van der Waals surface area contributed by atoms with Crippen LogP contribution < -0.4 is 5.01 Å². The van der Waals surface area contributed by atoms with Gasteiger partial charge in [-0.25, -0.2) is 5.01 Å². The molecule has 3 aromatic rings. The first-order valence-corrected chi connectivity index (χ1v) is 12.8. The summed E-state index contributed by atoms with van der Waals surface area (Å²) in [6.45, 7) is 5.72. The van der Waals surface area contributed by atoms with E-state index < -0.39 is 0 Å². The van der Waals surface area contributed by atoms with Crippen molar-refractivity contribution in [3.8, 4) is 11.4 Å². The van der Waals surface area contributed by atoms with Gasteiger partial charge in [0, 0.05) is 24.0 Å². The highest BCUT2D eigenvalue weighted by atomic mass is 32.2. The summed E-state index contributed by atoms with van der Waals surface area (Å²) < 4.78 is 1.78. The maximum absolute atomic E-state index is 13.5. The summed E-state index contributed by atoms with van der Waals surface area (Å²) in [5.41, 5.74) is 6.21. The normalized spacial score (nSPS) is 15.2. The molecule has 0 unspecified atom stereocenters. The molecule has 2 heterocycles. The van der Waals surface area contributed by atoms with Crippen LogP contribution in [0.25, 0.3) is 17.1 Å². The molecule has 0 bridgehead atoms. The maximum Gasteiger partial charge on any atom is 0.246 e. The Morgan fingerprint density at radius 2 is 1.62 bits per heavy atom. The number of ketones is 1. The highest BCUT2D eigenvalue weighted by Crippen LogP contribution is 2.42. The first-order chi connectivity index (χ1) is 16.5. The fourth-order valence-electron chi connectivity index (χ4n) is 4.60. The van der Waals surface area contributed by atoms with Gasteiger partial charge in [0.05, 0.1) is 10.6 Å². The Balaban J connectivity index is 1.73. The lowest BCUT2D eigenvalue weighted by Gasteiger charge is -2.33. The van der Waals surface area contributed by atoms with E-state index >= 15 is 0 Å². The molecule has 7 heteroatoms. The molecule has 34 heavy (non-hydrogen) atoms. The molecule has 0 atom stereocenters. The second-order valence-electron chi connectivity index (χ2n) is 8.79. The third kappa shape index (κ3) is 3.88. The molecular formula is C27H28N4O2S. The Hall–Kier alpha value is -3.19. The predicted octanol–water partition coefficient (Wildman–Crippen LogP) is 5.46. The predicted molar refractivity (Wildman–Crippen MR) is 135 cm³/mol. The van der Waals surface area contributed by atoms with Gasteiger partial charge in [0.1, 0.15) is 0 Å². The fourth-order valence-corrected chi connectivity index (χ4v) is 5.68.